The summed E-state index contributed by atoms with van der Waals surface area (Å²) in [6.45, 7) is 2.33. The quantitative estimate of drug-likeness (QED) is 0.541. The van der Waals surface area contributed by atoms with Gasteiger partial charge in [0.15, 0.2) is 0 Å². The fourth-order valence-electron chi connectivity index (χ4n) is 3.70. The van der Waals surface area contributed by atoms with Crippen molar-refractivity contribution in [2.24, 2.45) is 0 Å². The third kappa shape index (κ3) is 1.43. The molecule has 3 aromatic carbocycles. The molecule has 0 aromatic heterocycles. The summed E-state index contributed by atoms with van der Waals surface area (Å²) in [6, 6.07) is 20.6. The van der Waals surface area contributed by atoms with Crippen molar-refractivity contribution < 1.29 is 0 Å². The number of benzene rings is 3. The Morgan fingerprint density at radius 1 is 0.952 bits per heavy atom. The van der Waals surface area contributed by atoms with Crippen molar-refractivity contribution in [3.05, 3.63) is 54.6 Å². The number of hydrogen-bond donors (Lipinski definition) is 0. The molecule has 2 heterocycles. The summed E-state index contributed by atoms with van der Waals surface area (Å²) in [5.41, 5.74) is 5.53. The molecule has 102 valence electrons. The zero-order valence-electron chi connectivity index (χ0n) is 11.8. The van der Waals surface area contributed by atoms with Gasteiger partial charge in [-0.05, 0) is 30.0 Å². The standard InChI is InChI=1S/C19H15NS/c1-12-11-21-17-10-9-13-5-4-7-15-14-6-2-3-8-16(14)20(12)19(17)18(13)15/h2-10,12H,11H2,1H3. The maximum Gasteiger partial charge on any atom is 0.0637 e. The lowest BCUT2D eigenvalue weighted by molar-refractivity contribution is 0.784. The topological polar surface area (TPSA) is 3.24 Å². The number of hydrogen-bond acceptors (Lipinski definition) is 2. The fourth-order valence-corrected chi connectivity index (χ4v) is 4.77. The third-order valence-electron chi connectivity index (χ3n) is 4.60. The molecule has 3 aromatic rings. The van der Waals surface area contributed by atoms with E-state index in [9.17, 15) is 0 Å². The largest absolute Gasteiger partial charge is 0.336 e. The lowest BCUT2D eigenvalue weighted by atomic mass is 9.90. The van der Waals surface area contributed by atoms with Crippen molar-refractivity contribution in [1.29, 1.82) is 0 Å². The fraction of sp³-hybridized carbons (Fsp3) is 0.158. The molecule has 2 aliphatic heterocycles. The molecule has 0 saturated carbocycles. The first-order valence-electron chi connectivity index (χ1n) is 7.42. The van der Waals surface area contributed by atoms with Crippen LogP contribution in [-0.4, -0.2) is 11.8 Å². The third-order valence-corrected chi connectivity index (χ3v) is 5.89. The van der Waals surface area contributed by atoms with Gasteiger partial charge in [0.05, 0.1) is 5.69 Å². The van der Waals surface area contributed by atoms with Gasteiger partial charge in [-0.25, -0.2) is 0 Å². The lowest BCUT2D eigenvalue weighted by Crippen LogP contribution is -2.35. The van der Waals surface area contributed by atoms with Gasteiger partial charge >= 0.3 is 0 Å². The van der Waals surface area contributed by atoms with E-state index in [1.165, 1.54) is 38.2 Å². The van der Waals surface area contributed by atoms with Crippen molar-refractivity contribution >= 4 is 33.9 Å². The first-order valence-corrected chi connectivity index (χ1v) is 8.40. The predicted octanol–water partition coefficient (Wildman–Crippen LogP) is 5.45. The van der Waals surface area contributed by atoms with Crippen LogP contribution < -0.4 is 4.90 Å². The Kier molecular flexibility index (Phi) is 2.25. The van der Waals surface area contributed by atoms with Crippen LogP contribution in [0.2, 0.25) is 0 Å². The Labute approximate surface area is 128 Å². The van der Waals surface area contributed by atoms with E-state index in [0.717, 1.165) is 5.75 Å². The first-order chi connectivity index (χ1) is 10.3. The molecule has 5 rings (SSSR count). The summed E-state index contributed by atoms with van der Waals surface area (Å²) in [4.78, 5) is 3.97. The Hall–Kier alpha value is -1.93. The molecule has 2 aliphatic rings. The molecule has 0 bridgehead atoms. The Bertz CT molecular complexity index is 884. The summed E-state index contributed by atoms with van der Waals surface area (Å²) in [5.74, 6) is 1.15. The molecule has 21 heavy (non-hydrogen) atoms. The number of nitrogens with zero attached hydrogens (tertiary/aromatic N) is 1. The molecule has 1 unspecified atom stereocenters. The van der Waals surface area contributed by atoms with Crippen LogP contribution in [0.15, 0.2) is 59.5 Å². The summed E-state index contributed by atoms with van der Waals surface area (Å²) in [5, 5.41) is 2.77. The van der Waals surface area contributed by atoms with E-state index in [1.807, 2.05) is 11.8 Å². The van der Waals surface area contributed by atoms with Gasteiger partial charge in [-0.1, -0.05) is 42.5 Å². The smallest absolute Gasteiger partial charge is 0.0637 e. The number of rotatable bonds is 0. The monoisotopic (exact) mass is 289 g/mol. The highest BCUT2D eigenvalue weighted by molar-refractivity contribution is 7.99. The van der Waals surface area contributed by atoms with Gasteiger partial charge in [0.25, 0.3) is 0 Å². The minimum Gasteiger partial charge on any atom is -0.336 e. The molecule has 0 N–H and O–H groups in total. The van der Waals surface area contributed by atoms with E-state index in [4.69, 9.17) is 0 Å². The Morgan fingerprint density at radius 3 is 2.76 bits per heavy atom. The van der Waals surface area contributed by atoms with Crippen LogP contribution >= 0.6 is 11.8 Å². The van der Waals surface area contributed by atoms with Crippen LogP contribution in [0.1, 0.15) is 6.92 Å². The molecular formula is C19H15NS. The molecule has 0 spiro atoms. The van der Waals surface area contributed by atoms with Gasteiger partial charge < -0.3 is 4.90 Å². The van der Waals surface area contributed by atoms with Crippen molar-refractivity contribution in [3.63, 3.8) is 0 Å². The molecule has 2 heteroatoms. The van der Waals surface area contributed by atoms with Crippen LogP contribution in [0.3, 0.4) is 0 Å². The highest BCUT2D eigenvalue weighted by Crippen LogP contribution is 2.53. The minimum absolute atomic E-state index is 0.530. The summed E-state index contributed by atoms with van der Waals surface area (Å²) in [7, 11) is 0. The van der Waals surface area contributed by atoms with Gasteiger partial charge in [0.1, 0.15) is 0 Å². The van der Waals surface area contributed by atoms with Crippen LogP contribution in [-0.2, 0) is 0 Å². The molecule has 0 aliphatic carbocycles. The van der Waals surface area contributed by atoms with Crippen LogP contribution in [0.4, 0.5) is 11.4 Å². The van der Waals surface area contributed by atoms with E-state index < -0.39 is 0 Å². The number of thioether (sulfide) groups is 1. The average molecular weight is 289 g/mol. The normalized spacial score (nSPS) is 18.7. The second kappa shape index (κ2) is 4.05. The Morgan fingerprint density at radius 2 is 1.81 bits per heavy atom. The highest BCUT2D eigenvalue weighted by atomic mass is 32.2. The molecule has 1 nitrogen and oxygen atoms in total. The second-order valence-electron chi connectivity index (χ2n) is 5.86. The van der Waals surface area contributed by atoms with E-state index in [-0.39, 0.29) is 0 Å². The zero-order valence-corrected chi connectivity index (χ0v) is 12.7. The highest BCUT2D eigenvalue weighted by Gasteiger charge is 2.32. The molecule has 0 radical (unpaired) electrons. The molecular weight excluding hydrogens is 274 g/mol. The van der Waals surface area contributed by atoms with Gasteiger partial charge in [0.2, 0.25) is 0 Å². The van der Waals surface area contributed by atoms with E-state index >= 15 is 0 Å². The van der Waals surface area contributed by atoms with Gasteiger partial charge in [-0.2, -0.15) is 0 Å². The van der Waals surface area contributed by atoms with Gasteiger partial charge in [0, 0.05) is 33.3 Å². The lowest BCUT2D eigenvalue weighted by Gasteiger charge is -2.41. The Balaban J connectivity index is 2.03. The first kappa shape index (κ1) is 11.7. The van der Waals surface area contributed by atoms with E-state index in [0.29, 0.717) is 6.04 Å². The van der Waals surface area contributed by atoms with Crippen molar-refractivity contribution in [2.75, 3.05) is 10.7 Å². The number of para-hydroxylation sites is 1. The van der Waals surface area contributed by atoms with E-state index in [1.54, 1.807) is 0 Å². The average Bonchev–Trinajstić information content (AvgIpc) is 2.54. The van der Waals surface area contributed by atoms with Crippen LogP contribution in [0.25, 0.3) is 21.9 Å². The summed E-state index contributed by atoms with van der Waals surface area (Å²) in [6.07, 6.45) is 0. The second-order valence-corrected chi connectivity index (χ2v) is 6.93. The zero-order chi connectivity index (χ0) is 14.0. The number of anilines is 2. The molecule has 0 amide bonds. The van der Waals surface area contributed by atoms with Gasteiger partial charge in [-0.3, -0.25) is 0 Å². The molecule has 1 atom stereocenters. The van der Waals surface area contributed by atoms with Gasteiger partial charge in [-0.15, -0.1) is 11.8 Å². The maximum absolute atomic E-state index is 2.55. The SMILES string of the molecule is CC1CSc2ccc3cccc4c3c2N1c1ccccc1-4. The number of fused-ring (bicyclic) bond motifs is 3. The predicted molar refractivity (Wildman–Crippen MR) is 91.7 cm³/mol. The van der Waals surface area contributed by atoms with Crippen LogP contribution in [0.5, 0.6) is 0 Å². The van der Waals surface area contributed by atoms with Crippen molar-refractivity contribution in [2.45, 2.75) is 17.9 Å². The summed E-state index contributed by atoms with van der Waals surface area (Å²) >= 11 is 1.99. The molecule has 0 saturated heterocycles. The van der Waals surface area contributed by atoms with Crippen molar-refractivity contribution in [3.8, 4) is 11.1 Å². The minimum atomic E-state index is 0.530. The van der Waals surface area contributed by atoms with E-state index in [2.05, 4.69) is 66.4 Å². The summed E-state index contributed by atoms with van der Waals surface area (Å²) < 4.78 is 0. The van der Waals surface area contributed by atoms with Crippen LogP contribution in [0, 0.1) is 0 Å². The molecule has 0 fully saturated rings. The van der Waals surface area contributed by atoms with Crippen molar-refractivity contribution in [1.82, 2.24) is 0 Å². The maximum atomic E-state index is 2.55.